The predicted octanol–water partition coefficient (Wildman–Crippen LogP) is 4.61. The van der Waals surface area contributed by atoms with Gasteiger partial charge in [-0.2, -0.15) is 18.2 Å². The average Bonchev–Trinajstić information content (AvgIpc) is 3.70. The number of nitrogens with zero attached hydrogens (tertiary/aromatic N) is 5. The minimum atomic E-state index is -4.64. The van der Waals surface area contributed by atoms with E-state index in [-0.39, 0.29) is 41.6 Å². The topological polar surface area (TPSA) is 93.7 Å². The van der Waals surface area contributed by atoms with Gasteiger partial charge in [0.25, 0.3) is 5.91 Å². The number of likely N-dealkylation sites (tertiary alicyclic amines) is 1. The molecule has 5 rings (SSSR count). The third-order valence-electron chi connectivity index (χ3n) is 8.60. The van der Waals surface area contributed by atoms with Crippen molar-refractivity contribution in [2.45, 2.75) is 69.2 Å². The minimum absolute atomic E-state index is 0.00195. The third-order valence-corrected chi connectivity index (χ3v) is 8.60. The van der Waals surface area contributed by atoms with E-state index in [1.807, 2.05) is 7.05 Å². The first kappa shape index (κ1) is 29.1. The van der Waals surface area contributed by atoms with Crippen molar-refractivity contribution in [2.75, 3.05) is 44.9 Å². The number of carbonyl (C=O) groups is 2. The molecule has 1 aliphatic heterocycles. The molecule has 0 spiro atoms. The van der Waals surface area contributed by atoms with Crippen LogP contribution in [-0.4, -0.2) is 88.8 Å². The Morgan fingerprint density at radius 3 is 2.24 bits per heavy atom. The second-order valence-electron chi connectivity index (χ2n) is 11.6. The molecule has 12 heteroatoms. The fraction of sp³-hybridized carbons (Fsp3) is 0.586. The first-order valence-electron chi connectivity index (χ1n) is 14.3. The van der Waals surface area contributed by atoms with E-state index in [9.17, 15) is 22.8 Å². The number of aromatic nitrogens is 2. The molecule has 0 radical (unpaired) electrons. The van der Waals surface area contributed by atoms with E-state index in [4.69, 9.17) is 0 Å². The van der Waals surface area contributed by atoms with Crippen LogP contribution in [-0.2, 0) is 11.0 Å². The Morgan fingerprint density at radius 1 is 0.951 bits per heavy atom. The Hall–Kier alpha value is -3.41. The van der Waals surface area contributed by atoms with Crippen molar-refractivity contribution >= 4 is 29.3 Å². The smallest absolute Gasteiger partial charge is 0.367 e. The zero-order chi connectivity index (χ0) is 29.3. The number of benzene rings is 1. The van der Waals surface area contributed by atoms with Gasteiger partial charge in [0.2, 0.25) is 11.9 Å². The van der Waals surface area contributed by atoms with Crippen molar-refractivity contribution in [2.24, 2.45) is 5.92 Å². The van der Waals surface area contributed by atoms with Crippen molar-refractivity contribution in [3.05, 3.63) is 41.6 Å². The largest absolute Gasteiger partial charge is 0.421 e. The Kier molecular flexibility index (Phi) is 8.40. The van der Waals surface area contributed by atoms with Gasteiger partial charge in [-0.15, -0.1) is 0 Å². The van der Waals surface area contributed by atoms with E-state index in [1.165, 1.54) is 0 Å². The highest BCUT2D eigenvalue weighted by Gasteiger charge is 2.39. The number of alkyl halides is 3. The van der Waals surface area contributed by atoms with Crippen LogP contribution in [0.15, 0.2) is 30.5 Å². The number of anilines is 3. The maximum Gasteiger partial charge on any atom is 0.421 e. The molecule has 2 atom stereocenters. The van der Waals surface area contributed by atoms with Crippen LogP contribution in [0.25, 0.3) is 0 Å². The van der Waals surface area contributed by atoms with Crippen LogP contribution in [0.5, 0.6) is 0 Å². The third kappa shape index (κ3) is 6.91. The number of nitrogens with one attached hydrogen (secondary N) is 2. The number of hydrogen-bond donors (Lipinski definition) is 2. The zero-order valence-corrected chi connectivity index (χ0v) is 23.7. The van der Waals surface area contributed by atoms with Gasteiger partial charge in [-0.25, -0.2) is 4.98 Å². The van der Waals surface area contributed by atoms with Gasteiger partial charge < -0.3 is 25.3 Å². The minimum Gasteiger partial charge on any atom is -0.367 e. The summed E-state index contributed by atoms with van der Waals surface area (Å²) >= 11 is 0. The molecule has 1 saturated heterocycles. The lowest BCUT2D eigenvalue weighted by molar-refractivity contribution is -0.137. The summed E-state index contributed by atoms with van der Waals surface area (Å²) in [6.07, 6.45) is 1.68. The predicted molar refractivity (Wildman–Crippen MR) is 150 cm³/mol. The van der Waals surface area contributed by atoms with Crippen LogP contribution in [0.2, 0.25) is 0 Å². The van der Waals surface area contributed by atoms with Crippen molar-refractivity contribution < 1.29 is 22.8 Å². The quantitative estimate of drug-likeness (QED) is 0.477. The number of hydrogen-bond acceptors (Lipinski definition) is 7. The molecule has 2 aliphatic carbocycles. The SMILES string of the molecule is CN1CCC(N(C)C(=O)c2ccc(Nc3ncc(C(F)(F)F)c(N[C@@H]4CC[C@H](C(=O)N(C)C5CC5)C4)n3)cc2)CC1. The molecule has 0 bridgehead atoms. The maximum absolute atomic E-state index is 13.8. The molecule has 1 aromatic heterocycles. The van der Waals surface area contributed by atoms with Crippen LogP contribution in [0, 0.1) is 5.92 Å². The normalized spacial score (nSPS) is 21.9. The van der Waals surface area contributed by atoms with Crippen LogP contribution >= 0.6 is 0 Å². The molecule has 1 aromatic carbocycles. The van der Waals surface area contributed by atoms with Gasteiger partial charge in [0.15, 0.2) is 0 Å². The number of carbonyl (C=O) groups excluding carboxylic acids is 2. The summed E-state index contributed by atoms with van der Waals surface area (Å²) < 4.78 is 41.4. The van der Waals surface area contributed by atoms with E-state index in [1.54, 1.807) is 41.1 Å². The molecule has 41 heavy (non-hydrogen) atoms. The van der Waals surface area contributed by atoms with Gasteiger partial charge in [-0.05, 0) is 89.3 Å². The monoisotopic (exact) mass is 573 g/mol. The van der Waals surface area contributed by atoms with E-state index >= 15 is 0 Å². The molecule has 3 aliphatic rings. The lowest BCUT2D eigenvalue weighted by atomic mass is 10.0. The van der Waals surface area contributed by atoms with Crippen molar-refractivity contribution in [1.29, 1.82) is 0 Å². The van der Waals surface area contributed by atoms with Gasteiger partial charge in [-0.1, -0.05) is 0 Å². The van der Waals surface area contributed by atoms with Gasteiger partial charge in [-0.3, -0.25) is 9.59 Å². The van der Waals surface area contributed by atoms with Crippen LogP contribution in [0.1, 0.15) is 60.9 Å². The number of piperidine rings is 1. The first-order valence-corrected chi connectivity index (χ1v) is 14.3. The molecule has 0 unspecified atom stereocenters. The van der Waals surface area contributed by atoms with Crippen LogP contribution in [0.4, 0.5) is 30.6 Å². The molecule has 222 valence electrons. The summed E-state index contributed by atoms with van der Waals surface area (Å²) in [7, 11) is 5.70. The lowest BCUT2D eigenvalue weighted by Gasteiger charge is -2.35. The Labute approximate surface area is 238 Å². The highest BCUT2D eigenvalue weighted by atomic mass is 19.4. The zero-order valence-electron chi connectivity index (χ0n) is 23.7. The second-order valence-corrected chi connectivity index (χ2v) is 11.6. The first-order chi connectivity index (χ1) is 19.5. The summed E-state index contributed by atoms with van der Waals surface area (Å²) in [5, 5.41) is 5.90. The second kappa shape index (κ2) is 11.8. The average molecular weight is 574 g/mol. The highest BCUT2D eigenvalue weighted by Crippen LogP contribution is 2.37. The Bertz CT molecular complexity index is 1240. The van der Waals surface area contributed by atoms with E-state index in [0.29, 0.717) is 36.6 Å². The summed E-state index contributed by atoms with van der Waals surface area (Å²) in [5.74, 6) is -0.513. The van der Waals surface area contributed by atoms with Crippen molar-refractivity contribution in [3.8, 4) is 0 Å². The van der Waals surface area contributed by atoms with Gasteiger partial charge in [0.05, 0.1) is 0 Å². The molecular weight excluding hydrogens is 535 g/mol. The van der Waals surface area contributed by atoms with Gasteiger partial charge in [0.1, 0.15) is 11.4 Å². The van der Waals surface area contributed by atoms with E-state index in [0.717, 1.165) is 45.0 Å². The molecule has 2 aromatic rings. The summed E-state index contributed by atoms with van der Waals surface area (Å²) in [6.45, 7) is 1.90. The summed E-state index contributed by atoms with van der Waals surface area (Å²) in [5.41, 5.74) is 0.125. The summed E-state index contributed by atoms with van der Waals surface area (Å²) in [4.78, 5) is 39.7. The molecule has 2 N–H and O–H groups in total. The molecule has 3 fully saturated rings. The number of halogens is 3. The Balaban J connectivity index is 1.24. The molecule has 2 heterocycles. The van der Waals surface area contributed by atoms with Crippen LogP contribution < -0.4 is 10.6 Å². The van der Waals surface area contributed by atoms with Gasteiger partial charge in [0, 0.05) is 55.6 Å². The fourth-order valence-corrected chi connectivity index (χ4v) is 5.80. The van der Waals surface area contributed by atoms with Crippen LogP contribution in [0.3, 0.4) is 0 Å². The molecule has 9 nitrogen and oxygen atoms in total. The van der Waals surface area contributed by atoms with Gasteiger partial charge >= 0.3 is 6.18 Å². The van der Waals surface area contributed by atoms with E-state index < -0.39 is 11.7 Å². The fourth-order valence-electron chi connectivity index (χ4n) is 5.80. The Morgan fingerprint density at radius 2 is 1.61 bits per heavy atom. The standard InChI is InChI=1S/C29H38F3N7O2/c1-37-14-12-23(13-15-37)39(3)26(40)18-4-7-20(8-5-18)35-28-33-17-24(29(30,31)32)25(36-28)34-21-9-6-19(16-21)27(41)38(2)22-10-11-22/h4-5,7-8,17,19,21-23H,6,9-16H2,1-3H3,(H2,33,34,35,36)/t19-,21+/m0/s1. The lowest BCUT2D eigenvalue weighted by Crippen LogP contribution is -2.44. The molecule has 2 amide bonds. The maximum atomic E-state index is 13.8. The molecule has 2 saturated carbocycles. The summed E-state index contributed by atoms with van der Waals surface area (Å²) in [6, 6.07) is 6.94. The highest BCUT2D eigenvalue weighted by molar-refractivity contribution is 5.94. The van der Waals surface area contributed by atoms with Crippen molar-refractivity contribution in [3.63, 3.8) is 0 Å². The number of rotatable bonds is 8. The van der Waals surface area contributed by atoms with E-state index in [2.05, 4.69) is 32.5 Å². The number of amides is 2. The molecular formula is C29H38F3N7O2. The van der Waals surface area contributed by atoms with Crippen molar-refractivity contribution in [1.82, 2.24) is 24.7 Å².